The first-order chi connectivity index (χ1) is 12.1. The Balaban J connectivity index is 2.19. The maximum Gasteiger partial charge on any atom is 0.416 e. The first kappa shape index (κ1) is 19.2. The fourth-order valence-corrected chi connectivity index (χ4v) is 2.24. The number of hydrogen-bond acceptors (Lipinski definition) is 4. The summed E-state index contributed by atoms with van der Waals surface area (Å²) in [5.74, 6) is -1.18. The molecule has 6 nitrogen and oxygen atoms in total. The number of hydrogen-bond donors (Lipinski definition) is 1. The summed E-state index contributed by atoms with van der Waals surface area (Å²) in [5.41, 5.74) is -1.91. The summed E-state index contributed by atoms with van der Waals surface area (Å²) in [7, 11) is 1.32. The molecule has 0 radical (unpaired) electrons. The number of nitro benzene ring substituents is 1. The molecule has 138 valence electrons. The van der Waals surface area contributed by atoms with Crippen LogP contribution in [0.4, 0.5) is 34.6 Å². The van der Waals surface area contributed by atoms with Gasteiger partial charge >= 0.3 is 6.18 Å². The molecule has 10 heteroatoms. The molecule has 0 atom stereocenters. The number of rotatable bonds is 5. The topological polar surface area (TPSA) is 75.5 Å². The van der Waals surface area contributed by atoms with Crippen LogP contribution in [-0.4, -0.2) is 24.4 Å². The molecular formula is C16H13F4N3O3. The molecule has 2 aromatic carbocycles. The van der Waals surface area contributed by atoms with Gasteiger partial charge in [0.05, 0.1) is 17.0 Å². The number of nitrogens with one attached hydrogen (secondary N) is 1. The highest BCUT2D eigenvalue weighted by molar-refractivity contribution is 5.94. The van der Waals surface area contributed by atoms with Crippen molar-refractivity contribution in [2.45, 2.75) is 6.18 Å². The third-order valence-electron chi connectivity index (χ3n) is 3.40. The van der Waals surface area contributed by atoms with Crippen LogP contribution in [0.15, 0.2) is 42.5 Å². The van der Waals surface area contributed by atoms with E-state index in [1.807, 2.05) is 0 Å². The van der Waals surface area contributed by atoms with Gasteiger partial charge in [-0.3, -0.25) is 14.9 Å². The predicted molar refractivity (Wildman–Crippen MR) is 86.4 cm³/mol. The largest absolute Gasteiger partial charge is 0.416 e. The third-order valence-corrected chi connectivity index (χ3v) is 3.40. The molecule has 0 aliphatic carbocycles. The number of likely N-dealkylation sites (N-methyl/N-ethyl adjacent to an activating group) is 1. The molecule has 0 heterocycles. The minimum Gasteiger partial charge on any atom is -0.360 e. The molecule has 0 fully saturated rings. The number of amides is 1. The van der Waals surface area contributed by atoms with Crippen molar-refractivity contribution < 1.29 is 27.3 Å². The van der Waals surface area contributed by atoms with E-state index < -0.39 is 34.1 Å². The van der Waals surface area contributed by atoms with Crippen molar-refractivity contribution in [3.8, 4) is 0 Å². The van der Waals surface area contributed by atoms with Crippen LogP contribution in [0.3, 0.4) is 0 Å². The molecule has 0 aromatic heterocycles. The van der Waals surface area contributed by atoms with Crippen molar-refractivity contribution in [3.05, 3.63) is 64.0 Å². The van der Waals surface area contributed by atoms with E-state index in [1.165, 1.54) is 25.2 Å². The van der Waals surface area contributed by atoms with E-state index in [2.05, 4.69) is 5.32 Å². The Morgan fingerprint density at radius 1 is 1.23 bits per heavy atom. The van der Waals surface area contributed by atoms with E-state index >= 15 is 0 Å². The van der Waals surface area contributed by atoms with Gasteiger partial charge in [0, 0.05) is 18.8 Å². The predicted octanol–water partition coefficient (Wildman–Crippen LogP) is 3.83. The molecule has 0 spiro atoms. The quantitative estimate of drug-likeness (QED) is 0.492. The van der Waals surface area contributed by atoms with Crippen molar-refractivity contribution in [1.82, 2.24) is 0 Å². The lowest BCUT2D eigenvalue weighted by atomic mass is 10.1. The highest BCUT2D eigenvalue weighted by Crippen LogP contribution is 2.36. The Morgan fingerprint density at radius 3 is 2.50 bits per heavy atom. The molecule has 0 bridgehead atoms. The molecule has 0 aliphatic rings. The Labute approximate surface area is 145 Å². The van der Waals surface area contributed by atoms with E-state index in [1.54, 1.807) is 0 Å². The number of benzene rings is 2. The van der Waals surface area contributed by atoms with E-state index in [0.717, 1.165) is 17.0 Å². The number of carbonyl (C=O) groups excluding carboxylic acids is 1. The molecule has 26 heavy (non-hydrogen) atoms. The van der Waals surface area contributed by atoms with E-state index in [0.29, 0.717) is 12.1 Å². The Bertz CT molecular complexity index is 840. The standard InChI is InChI=1S/C16H13F4N3O3/c1-22(9-15(24)21-12-4-2-3-11(17)8-12)13-6-5-10(16(18,19)20)7-14(13)23(25)26/h2-8H,9H2,1H3,(H,21,24). The maximum atomic E-state index is 13.1. The van der Waals surface area contributed by atoms with Crippen LogP contribution in [0, 0.1) is 15.9 Å². The van der Waals surface area contributed by atoms with Crippen LogP contribution in [-0.2, 0) is 11.0 Å². The average molecular weight is 371 g/mol. The maximum absolute atomic E-state index is 13.1. The summed E-state index contributed by atoms with van der Waals surface area (Å²) in [6, 6.07) is 7.14. The van der Waals surface area contributed by atoms with Gasteiger partial charge in [-0.15, -0.1) is 0 Å². The van der Waals surface area contributed by atoms with Gasteiger partial charge in [0.1, 0.15) is 11.5 Å². The third kappa shape index (κ3) is 4.68. The number of nitrogens with zero attached hydrogens (tertiary/aromatic N) is 2. The lowest BCUT2D eigenvalue weighted by molar-refractivity contribution is -0.384. The van der Waals surface area contributed by atoms with Crippen molar-refractivity contribution in [1.29, 1.82) is 0 Å². The SMILES string of the molecule is CN(CC(=O)Nc1cccc(F)c1)c1ccc(C(F)(F)F)cc1[N+](=O)[O-]. The van der Waals surface area contributed by atoms with Crippen LogP contribution in [0.2, 0.25) is 0 Å². The van der Waals surface area contributed by atoms with Crippen LogP contribution in [0.5, 0.6) is 0 Å². The number of alkyl halides is 3. The zero-order valence-electron chi connectivity index (χ0n) is 13.4. The zero-order valence-corrected chi connectivity index (χ0v) is 13.4. The molecule has 1 N–H and O–H groups in total. The monoisotopic (exact) mass is 371 g/mol. The van der Waals surface area contributed by atoms with Gasteiger partial charge in [-0.25, -0.2) is 4.39 Å². The highest BCUT2D eigenvalue weighted by Gasteiger charge is 2.33. The summed E-state index contributed by atoms with van der Waals surface area (Å²) in [5, 5.41) is 13.5. The van der Waals surface area contributed by atoms with Gasteiger partial charge in [-0.2, -0.15) is 13.2 Å². The normalized spacial score (nSPS) is 11.1. The minimum atomic E-state index is -4.73. The average Bonchev–Trinajstić information content (AvgIpc) is 2.53. The molecule has 0 saturated carbocycles. The van der Waals surface area contributed by atoms with E-state index in [4.69, 9.17) is 0 Å². The van der Waals surface area contributed by atoms with Crippen molar-refractivity contribution in [3.63, 3.8) is 0 Å². The Hall–Kier alpha value is -3.17. The van der Waals surface area contributed by atoms with E-state index in [9.17, 15) is 32.5 Å². The fourth-order valence-electron chi connectivity index (χ4n) is 2.24. The highest BCUT2D eigenvalue weighted by atomic mass is 19.4. The van der Waals surface area contributed by atoms with Gasteiger partial charge in [-0.1, -0.05) is 6.07 Å². The number of halogens is 4. The first-order valence-corrected chi connectivity index (χ1v) is 7.20. The lowest BCUT2D eigenvalue weighted by Gasteiger charge is -2.19. The van der Waals surface area contributed by atoms with Crippen molar-refractivity contribution in [2.24, 2.45) is 0 Å². The Kier molecular flexibility index (Phi) is 5.44. The Morgan fingerprint density at radius 2 is 1.92 bits per heavy atom. The summed E-state index contributed by atoms with van der Waals surface area (Å²) in [4.78, 5) is 23.3. The summed E-state index contributed by atoms with van der Waals surface area (Å²) in [6.45, 7) is -0.386. The number of anilines is 2. The second kappa shape index (κ2) is 7.38. The summed E-state index contributed by atoms with van der Waals surface area (Å²) < 4.78 is 51.2. The molecule has 0 unspecified atom stereocenters. The van der Waals surface area contributed by atoms with Gasteiger partial charge in [-0.05, 0) is 30.3 Å². The molecule has 2 aromatic rings. The molecular weight excluding hydrogens is 358 g/mol. The van der Waals surface area contributed by atoms with Crippen molar-refractivity contribution >= 4 is 23.0 Å². The van der Waals surface area contributed by atoms with Crippen LogP contribution in [0.25, 0.3) is 0 Å². The second-order valence-electron chi connectivity index (χ2n) is 5.37. The van der Waals surface area contributed by atoms with Crippen molar-refractivity contribution in [2.75, 3.05) is 23.8 Å². The summed E-state index contributed by atoms with van der Waals surface area (Å²) in [6.07, 6.45) is -4.73. The van der Waals surface area contributed by atoms with Crippen LogP contribution >= 0.6 is 0 Å². The smallest absolute Gasteiger partial charge is 0.360 e. The lowest BCUT2D eigenvalue weighted by Crippen LogP contribution is -2.30. The van der Waals surface area contributed by atoms with Crippen LogP contribution in [0.1, 0.15) is 5.56 Å². The molecule has 2 rings (SSSR count). The second-order valence-corrected chi connectivity index (χ2v) is 5.37. The molecule has 0 aliphatic heterocycles. The summed E-state index contributed by atoms with van der Waals surface area (Å²) >= 11 is 0. The first-order valence-electron chi connectivity index (χ1n) is 7.20. The molecule has 0 saturated heterocycles. The zero-order chi connectivity index (χ0) is 19.5. The van der Waals surface area contributed by atoms with Gasteiger partial charge < -0.3 is 10.2 Å². The number of carbonyl (C=O) groups is 1. The van der Waals surface area contributed by atoms with E-state index in [-0.39, 0.29) is 17.9 Å². The van der Waals surface area contributed by atoms with Gasteiger partial charge in [0.2, 0.25) is 5.91 Å². The van der Waals surface area contributed by atoms with Gasteiger partial charge in [0.25, 0.3) is 5.69 Å². The fraction of sp³-hybridized carbons (Fsp3) is 0.188. The number of nitro groups is 1. The van der Waals surface area contributed by atoms with Gasteiger partial charge in [0.15, 0.2) is 0 Å². The van der Waals surface area contributed by atoms with Crippen LogP contribution < -0.4 is 10.2 Å². The minimum absolute atomic E-state index is 0.155. The molecule has 1 amide bonds.